The number of nitrogens with one attached hydrogen (secondary N) is 1. The summed E-state index contributed by atoms with van der Waals surface area (Å²) in [4.78, 5) is 0. The molecule has 0 amide bonds. The molecule has 1 aliphatic rings. The molecule has 0 spiro atoms. The lowest BCUT2D eigenvalue weighted by Gasteiger charge is -2.22. The average Bonchev–Trinajstić information content (AvgIpc) is 2.86. The monoisotopic (exact) mass is 411 g/mol. The van der Waals surface area contributed by atoms with Gasteiger partial charge in [0.05, 0.1) is 0 Å². The predicted molar refractivity (Wildman–Crippen MR) is 133 cm³/mol. The van der Waals surface area contributed by atoms with Gasteiger partial charge in [-0.25, -0.2) is 0 Å². The fourth-order valence-corrected chi connectivity index (χ4v) is 4.33. The van der Waals surface area contributed by atoms with Gasteiger partial charge in [0.1, 0.15) is 11.5 Å². The van der Waals surface area contributed by atoms with Crippen molar-refractivity contribution >= 4 is 11.4 Å². The minimum atomic E-state index is 0.840. The molecule has 0 aromatic heterocycles. The van der Waals surface area contributed by atoms with Crippen LogP contribution in [0.5, 0.6) is 11.5 Å². The quantitative estimate of drug-likeness (QED) is 0.293. The summed E-state index contributed by atoms with van der Waals surface area (Å²) in [5, 5.41) is 3.72. The highest BCUT2D eigenvalue weighted by atomic mass is 16.5. The van der Waals surface area contributed by atoms with Crippen molar-refractivity contribution in [2.45, 2.75) is 0 Å². The zero-order valence-corrected chi connectivity index (χ0v) is 17.5. The van der Waals surface area contributed by atoms with E-state index in [1.54, 1.807) is 0 Å². The number of anilines is 2. The molecule has 0 fully saturated rings. The number of para-hydroxylation sites is 3. The molecule has 0 unspecified atom stereocenters. The summed E-state index contributed by atoms with van der Waals surface area (Å²) in [7, 11) is 0. The van der Waals surface area contributed by atoms with Crippen molar-refractivity contribution < 1.29 is 4.74 Å². The van der Waals surface area contributed by atoms with Crippen LogP contribution in [0.3, 0.4) is 0 Å². The van der Waals surface area contributed by atoms with Gasteiger partial charge in [0.15, 0.2) is 0 Å². The number of fused-ring (bicyclic) bond motifs is 6. The smallest absolute Gasteiger partial charge is 0.135 e. The second-order valence-corrected chi connectivity index (χ2v) is 7.89. The third-order valence-electron chi connectivity index (χ3n) is 5.90. The third kappa shape index (κ3) is 3.23. The summed E-state index contributed by atoms with van der Waals surface area (Å²) in [5.74, 6) is 1.68. The first-order chi connectivity index (χ1) is 15.9. The Labute approximate surface area is 187 Å². The first kappa shape index (κ1) is 18.5. The molecule has 32 heavy (non-hydrogen) atoms. The van der Waals surface area contributed by atoms with Gasteiger partial charge in [-0.1, -0.05) is 91.0 Å². The lowest BCUT2D eigenvalue weighted by atomic mass is 9.95. The number of rotatable bonds is 1. The second-order valence-electron chi connectivity index (χ2n) is 7.89. The topological polar surface area (TPSA) is 21.3 Å². The third-order valence-corrected chi connectivity index (χ3v) is 5.90. The number of benzene rings is 5. The molecule has 0 bridgehead atoms. The molecule has 1 N–H and O–H groups in total. The van der Waals surface area contributed by atoms with Crippen molar-refractivity contribution in [1.29, 1.82) is 0 Å². The number of hydrogen-bond donors (Lipinski definition) is 1. The Morgan fingerprint density at radius 3 is 1.72 bits per heavy atom. The van der Waals surface area contributed by atoms with E-state index in [2.05, 4.69) is 96.3 Å². The minimum absolute atomic E-state index is 0.840. The van der Waals surface area contributed by atoms with Crippen LogP contribution >= 0.6 is 0 Å². The van der Waals surface area contributed by atoms with Crippen LogP contribution < -0.4 is 10.1 Å². The van der Waals surface area contributed by atoms with Gasteiger partial charge >= 0.3 is 0 Å². The van der Waals surface area contributed by atoms with E-state index in [1.165, 1.54) is 11.1 Å². The van der Waals surface area contributed by atoms with E-state index in [-0.39, 0.29) is 0 Å². The summed E-state index contributed by atoms with van der Waals surface area (Å²) >= 11 is 0. The van der Waals surface area contributed by atoms with Gasteiger partial charge in [0.2, 0.25) is 0 Å². The Bertz CT molecular complexity index is 1420. The maximum atomic E-state index is 6.55. The van der Waals surface area contributed by atoms with E-state index in [1.807, 2.05) is 30.3 Å². The highest BCUT2D eigenvalue weighted by molar-refractivity contribution is 5.92. The van der Waals surface area contributed by atoms with E-state index < -0.39 is 0 Å². The van der Waals surface area contributed by atoms with Crippen molar-refractivity contribution in [3.63, 3.8) is 0 Å². The molecule has 1 aliphatic heterocycles. The molecule has 152 valence electrons. The van der Waals surface area contributed by atoms with Crippen molar-refractivity contribution in [2.24, 2.45) is 0 Å². The normalized spacial score (nSPS) is 11.6. The molecular formula is C30H21NO. The highest BCUT2D eigenvalue weighted by Gasteiger charge is 2.18. The first-order valence-electron chi connectivity index (χ1n) is 10.8. The van der Waals surface area contributed by atoms with Gasteiger partial charge in [-0.05, 0) is 41.5 Å². The van der Waals surface area contributed by atoms with Crippen LogP contribution in [-0.2, 0) is 0 Å². The van der Waals surface area contributed by atoms with E-state index >= 15 is 0 Å². The Kier molecular flexibility index (Phi) is 4.47. The standard InChI is InChI=1S/C30H21NO/c1-2-10-21(11-3-1)22-18-19-28-26(20-22)25-14-6-9-17-30(25)32-29-16-8-5-13-24(29)23-12-4-7-15-27(23)31-28/h1-20,31H. The molecule has 5 aromatic rings. The summed E-state index contributed by atoms with van der Waals surface area (Å²) in [6.45, 7) is 0. The highest BCUT2D eigenvalue weighted by Crippen LogP contribution is 2.45. The molecule has 0 radical (unpaired) electrons. The Morgan fingerprint density at radius 1 is 0.406 bits per heavy atom. The fraction of sp³-hybridized carbons (Fsp3) is 0. The lowest BCUT2D eigenvalue weighted by molar-refractivity contribution is 0.486. The van der Waals surface area contributed by atoms with Crippen LogP contribution in [0.4, 0.5) is 11.4 Å². The van der Waals surface area contributed by atoms with E-state index in [0.717, 1.165) is 45.1 Å². The van der Waals surface area contributed by atoms with Crippen molar-refractivity contribution in [3.8, 4) is 44.9 Å². The molecule has 2 nitrogen and oxygen atoms in total. The molecule has 0 saturated carbocycles. The lowest BCUT2D eigenvalue weighted by Crippen LogP contribution is -2.00. The molecule has 6 rings (SSSR count). The summed E-state index contributed by atoms with van der Waals surface area (Å²) < 4.78 is 6.55. The SMILES string of the molecule is c1ccc(-c2ccc3c(c2)-c2ccccc2Oc2ccccc2-c2ccccc2N3)cc1. The summed E-state index contributed by atoms with van der Waals surface area (Å²) in [5.41, 5.74) is 8.81. The van der Waals surface area contributed by atoms with Gasteiger partial charge in [-0.2, -0.15) is 0 Å². The van der Waals surface area contributed by atoms with E-state index in [0.29, 0.717) is 0 Å². The molecule has 0 atom stereocenters. The van der Waals surface area contributed by atoms with Gasteiger partial charge in [-0.15, -0.1) is 0 Å². The van der Waals surface area contributed by atoms with Gasteiger partial charge in [0.25, 0.3) is 0 Å². The van der Waals surface area contributed by atoms with Crippen molar-refractivity contribution in [2.75, 3.05) is 5.32 Å². The number of hydrogen-bond acceptors (Lipinski definition) is 2. The van der Waals surface area contributed by atoms with Crippen molar-refractivity contribution in [3.05, 3.63) is 121 Å². The van der Waals surface area contributed by atoms with Crippen LogP contribution in [0.15, 0.2) is 121 Å². The molecular weight excluding hydrogens is 390 g/mol. The van der Waals surface area contributed by atoms with Crippen molar-refractivity contribution in [1.82, 2.24) is 0 Å². The Balaban J connectivity index is 1.62. The molecule has 0 saturated heterocycles. The van der Waals surface area contributed by atoms with Gasteiger partial charge < -0.3 is 10.1 Å². The van der Waals surface area contributed by atoms with Crippen LogP contribution in [0, 0.1) is 0 Å². The Morgan fingerprint density at radius 2 is 0.969 bits per heavy atom. The maximum Gasteiger partial charge on any atom is 0.135 e. The fourth-order valence-electron chi connectivity index (χ4n) is 4.33. The molecule has 0 aliphatic carbocycles. The summed E-state index contributed by atoms with van der Waals surface area (Å²) in [6.07, 6.45) is 0. The zero-order valence-electron chi connectivity index (χ0n) is 17.5. The van der Waals surface area contributed by atoms with E-state index in [9.17, 15) is 0 Å². The van der Waals surface area contributed by atoms with Gasteiger partial charge in [0, 0.05) is 33.6 Å². The Hall–Kier alpha value is -4.30. The van der Waals surface area contributed by atoms with E-state index in [4.69, 9.17) is 4.74 Å². The van der Waals surface area contributed by atoms with Crippen LogP contribution in [-0.4, -0.2) is 0 Å². The van der Waals surface area contributed by atoms with Crippen LogP contribution in [0.1, 0.15) is 0 Å². The summed E-state index contributed by atoms with van der Waals surface area (Å²) in [6, 6.07) is 41.9. The molecule has 2 heteroatoms. The molecule has 5 aromatic carbocycles. The van der Waals surface area contributed by atoms with Crippen LogP contribution in [0.25, 0.3) is 33.4 Å². The van der Waals surface area contributed by atoms with Gasteiger partial charge in [-0.3, -0.25) is 0 Å². The minimum Gasteiger partial charge on any atom is -0.456 e. The number of ether oxygens (including phenoxy) is 1. The van der Waals surface area contributed by atoms with Crippen LogP contribution in [0.2, 0.25) is 0 Å². The first-order valence-corrected chi connectivity index (χ1v) is 10.8. The second kappa shape index (κ2) is 7.75. The largest absolute Gasteiger partial charge is 0.456 e. The zero-order chi connectivity index (χ0) is 21.3. The maximum absolute atomic E-state index is 6.55. The predicted octanol–water partition coefficient (Wildman–Crippen LogP) is 8.54. The average molecular weight is 412 g/mol. The molecule has 1 heterocycles.